The SMILES string of the molecule is CSCCC[C@H](N)CC(=O)O. The molecule has 0 aromatic rings. The van der Waals surface area contributed by atoms with Crippen LogP contribution in [-0.2, 0) is 4.79 Å². The molecule has 0 aromatic heterocycles. The number of carboxylic acid groups (broad SMARTS) is 1. The summed E-state index contributed by atoms with van der Waals surface area (Å²) in [6, 6.07) is -0.167. The van der Waals surface area contributed by atoms with E-state index in [1.54, 1.807) is 11.8 Å². The van der Waals surface area contributed by atoms with Crippen molar-refractivity contribution < 1.29 is 9.90 Å². The second-order valence-electron chi connectivity index (χ2n) is 2.49. The van der Waals surface area contributed by atoms with Crippen molar-refractivity contribution in [3.8, 4) is 0 Å². The number of carboxylic acids is 1. The van der Waals surface area contributed by atoms with E-state index < -0.39 is 5.97 Å². The third-order valence-electron chi connectivity index (χ3n) is 1.36. The predicted octanol–water partition coefficient (Wildman–Crippen LogP) is 0.932. The highest BCUT2D eigenvalue weighted by Gasteiger charge is 2.06. The van der Waals surface area contributed by atoms with Crippen LogP contribution in [0.4, 0.5) is 0 Å². The number of hydrogen-bond donors (Lipinski definition) is 2. The average molecular weight is 177 g/mol. The molecule has 1 atom stereocenters. The minimum Gasteiger partial charge on any atom is -0.481 e. The molecule has 0 aliphatic carbocycles. The molecular formula is C7H15NO2S. The van der Waals surface area contributed by atoms with Crippen LogP contribution in [0.5, 0.6) is 0 Å². The molecule has 0 aliphatic rings. The first-order valence-electron chi connectivity index (χ1n) is 3.63. The van der Waals surface area contributed by atoms with Crippen molar-refractivity contribution in [2.75, 3.05) is 12.0 Å². The molecule has 0 aliphatic heterocycles. The van der Waals surface area contributed by atoms with Gasteiger partial charge in [0.05, 0.1) is 6.42 Å². The van der Waals surface area contributed by atoms with Gasteiger partial charge in [0.2, 0.25) is 0 Å². The van der Waals surface area contributed by atoms with Gasteiger partial charge < -0.3 is 10.8 Å². The highest BCUT2D eigenvalue weighted by atomic mass is 32.2. The summed E-state index contributed by atoms with van der Waals surface area (Å²) in [4.78, 5) is 10.2. The first kappa shape index (κ1) is 10.8. The quantitative estimate of drug-likeness (QED) is 0.592. The van der Waals surface area contributed by atoms with E-state index in [0.717, 1.165) is 18.6 Å². The van der Waals surface area contributed by atoms with Gasteiger partial charge in [-0.25, -0.2) is 0 Å². The Labute approximate surface area is 71.3 Å². The summed E-state index contributed by atoms with van der Waals surface area (Å²) in [5.41, 5.74) is 5.53. The van der Waals surface area contributed by atoms with E-state index in [1.165, 1.54) is 0 Å². The van der Waals surface area contributed by atoms with Gasteiger partial charge in [0.25, 0.3) is 0 Å². The van der Waals surface area contributed by atoms with E-state index in [4.69, 9.17) is 10.8 Å². The predicted molar refractivity (Wildman–Crippen MR) is 47.8 cm³/mol. The van der Waals surface area contributed by atoms with E-state index in [9.17, 15) is 4.79 Å². The van der Waals surface area contributed by atoms with E-state index in [1.807, 2.05) is 6.26 Å². The van der Waals surface area contributed by atoms with Crippen LogP contribution in [0.3, 0.4) is 0 Å². The highest BCUT2D eigenvalue weighted by molar-refractivity contribution is 7.98. The van der Waals surface area contributed by atoms with Crippen molar-refractivity contribution in [2.45, 2.75) is 25.3 Å². The molecule has 0 saturated carbocycles. The highest BCUT2D eigenvalue weighted by Crippen LogP contribution is 2.03. The Bertz CT molecular complexity index is 119. The zero-order chi connectivity index (χ0) is 8.69. The summed E-state index contributed by atoms with van der Waals surface area (Å²) in [6.07, 6.45) is 3.94. The van der Waals surface area contributed by atoms with Gasteiger partial charge in [-0.2, -0.15) is 11.8 Å². The van der Waals surface area contributed by atoms with Crippen LogP contribution < -0.4 is 5.73 Å². The number of nitrogens with two attached hydrogens (primary N) is 1. The normalized spacial score (nSPS) is 12.9. The largest absolute Gasteiger partial charge is 0.481 e. The molecule has 0 spiro atoms. The third-order valence-corrected chi connectivity index (χ3v) is 2.06. The van der Waals surface area contributed by atoms with Crippen LogP contribution in [0.15, 0.2) is 0 Å². The lowest BCUT2D eigenvalue weighted by molar-refractivity contribution is -0.137. The van der Waals surface area contributed by atoms with Crippen molar-refractivity contribution in [1.29, 1.82) is 0 Å². The molecule has 0 fully saturated rings. The Hall–Kier alpha value is -0.220. The second-order valence-corrected chi connectivity index (χ2v) is 3.48. The molecule has 0 radical (unpaired) electrons. The standard InChI is InChI=1S/C7H15NO2S/c1-11-4-2-3-6(8)5-7(9)10/h6H,2-5,8H2,1H3,(H,9,10)/t6-/m0/s1. The molecule has 0 rings (SSSR count). The molecule has 0 saturated heterocycles. The smallest absolute Gasteiger partial charge is 0.304 e. The zero-order valence-electron chi connectivity index (χ0n) is 6.75. The number of hydrogen-bond acceptors (Lipinski definition) is 3. The first-order valence-corrected chi connectivity index (χ1v) is 5.02. The van der Waals surface area contributed by atoms with Crippen LogP contribution in [0.2, 0.25) is 0 Å². The lowest BCUT2D eigenvalue weighted by Gasteiger charge is -2.06. The number of thioether (sulfide) groups is 1. The van der Waals surface area contributed by atoms with E-state index in [0.29, 0.717) is 0 Å². The Morgan fingerprint density at radius 2 is 2.36 bits per heavy atom. The Kier molecular flexibility index (Phi) is 6.36. The van der Waals surface area contributed by atoms with Gasteiger partial charge in [-0.15, -0.1) is 0 Å². The number of rotatable bonds is 6. The van der Waals surface area contributed by atoms with Crippen molar-refractivity contribution in [3.05, 3.63) is 0 Å². The third kappa shape index (κ3) is 7.68. The Balaban J connectivity index is 3.22. The molecule has 3 N–H and O–H groups in total. The molecule has 66 valence electrons. The van der Waals surface area contributed by atoms with Crippen LogP contribution in [0, 0.1) is 0 Å². The summed E-state index contributed by atoms with van der Waals surface area (Å²) in [5.74, 6) is 0.259. The Morgan fingerprint density at radius 1 is 1.73 bits per heavy atom. The summed E-state index contributed by atoms with van der Waals surface area (Å²) in [6.45, 7) is 0. The Morgan fingerprint density at radius 3 is 2.82 bits per heavy atom. The van der Waals surface area contributed by atoms with Gasteiger partial charge in [0.15, 0.2) is 0 Å². The lowest BCUT2D eigenvalue weighted by atomic mass is 10.1. The second kappa shape index (κ2) is 6.49. The van der Waals surface area contributed by atoms with Gasteiger partial charge >= 0.3 is 5.97 Å². The van der Waals surface area contributed by atoms with E-state index in [2.05, 4.69) is 0 Å². The number of carbonyl (C=O) groups is 1. The molecular weight excluding hydrogens is 162 g/mol. The maximum Gasteiger partial charge on any atom is 0.304 e. The van der Waals surface area contributed by atoms with Gasteiger partial charge in [-0.1, -0.05) is 0 Å². The maximum atomic E-state index is 10.2. The van der Waals surface area contributed by atoms with E-state index >= 15 is 0 Å². The molecule has 4 heteroatoms. The minimum atomic E-state index is -0.804. The summed E-state index contributed by atoms with van der Waals surface area (Å²) < 4.78 is 0. The summed E-state index contributed by atoms with van der Waals surface area (Å²) in [5, 5.41) is 8.36. The number of aliphatic carboxylic acids is 1. The fraction of sp³-hybridized carbons (Fsp3) is 0.857. The van der Waals surface area contributed by atoms with Crippen LogP contribution in [0.25, 0.3) is 0 Å². The summed E-state index contributed by atoms with van der Waals surface area (Å²) in [7, 11) is 0. The summed E-state index contributed by atoms with van der Waals surface area (Å²) >= 11 is 1.76. The fourth-order valence-electron chi connectivity index (χ4n) is 0.816. The fourth-order valence-corrected chi connectivity index (χ4v) is 1.27. The molecule has 0 heterocycles. The monoisotopic (exact) mass is 177 g/mol. The van der Waals surface area contributed by atoms with Crippen LogP contribution >= 0.6 is 11.8 Å². The molecule has 0 unspecified atom stereocenters. The van der Waals surface area contributed by atoms with Gasteiger partial charge in [-0.05, 0) is 24.9 Å². The van der Waals surface area contributed by atoms with E-state index in [-0.39, 0.29) is 12.5 Å². The van der Waals surface area contributed by atoms with Crippen molar-refractivity contribution in [3.63, 3.8) is 0 Å². The average Bonchev–Trinajstić information content (AvgIpc) is 1.86. The van der Waals surface area contributed by atoms with Crippen molar-refractivity contribution in [1.82, 2.24) is 0 Å². The van der Waals surface area contributed by atoms with Gasteiger partial charge in [-0.3, -0.25) is 4.79 Å². The molecule has 11 heavy (non-hydrogen) atoms. The minimum absolute atomic E-state index is 0.0916. The molecule has 3 nitrogen and oxygen atoms in total. The molecule has 0 amide bonds. The van der Waals surface area contributed by atoms with Gasteiger partial charge in [0, 0.05) is 6.04 Å². The molecule has 0 aromatic carbocycles. The topological polar surface area (TPSA) is 63.3 Å². The van der Waals surface area contributed by atoms with Crippen LogP contribution in [-0.4, -0.2) is 29.1 Å². The first-order chi connectivity index (χ1) is 5.16. The maximum absolute atomic E-state index is 10.2. The van der Waals surface area contributed by atoms with Crippen molar-refractivity contribution in [2.24, 2.45) is 5.73 Å². The van der Waals surface area contributed by atoms with Gasteiger partial charge in [0.1, 0.15) is 0 Å². The van der Waals surface area contributed by atoms with Crippen molar-refractivity contribution >= 4 is 17.7 Å². The van der Waals surface area contributed by atoms with Crippen LogP contribution in [0.1, 0.15) is 19.3 Å². The molecule has 0 bridgehead atoms. The lowest BCUT2D eigenvalue weighted by Crippen LogP contribution is -2.23. The zero-order valence-corrected chi connectivity index (χ0v) is 7.56.